The molecule has 0 unspecified atom stereocenters. The van der Waals surface area contributed by atoms with Crippen LogP contribution in [0.2, 0.25) is 0 Å². The highest BCUT2D eigenvalue weighted by molar-refractivity contribution is 5.90. The first kappa shape index (κ1) is 15.9. The van der Waals surface area contributed by atoms with Crippen molar-refractivity contribution in [2.75, 3.05) is 25.0 Å². The molecule has 116 valence electrons. The number of carbonyl (C=O) groups excluding carboxylic acids is 1. The van der Waals surface area contributed by atoms with E-state index in [1.807, 2.05) is 0 Å². The van der Waals surface area contributed by atoms with E-state index in [0.717, 1.165) is 25.9 Å². The minimum atomic E-state index is -0.309. The Hall–Kier alpha value is -1.46. The van der Waals surface area contributed by atoms with Crippen molar-refractivity contribution in [1.29, 1.82) is 0 Å². The molecule has 1 saturated carbocycles. The fourth-order valence-electron chi connectivity index (χ4n) is 2.35. The number of nitrogens with one attached hydrogen (secondary N) is 1. The van der Waals surface area contributed by atoms with Crippen molar-refractivity contribution in [2.24, 2.45) is 0 Å². The molecule has 1 amide bonds. The Morgan fingerprint density at radius 2 is 1.95 bits per heavy atom. The molecule has 1 aromatic carbocycles. The largest absolute Gasteiger partial charge is 0.396 e. The molecule has 1 aromatic rings. The molecule has 0 spiro atoms. The van der Waals surface area contributed by atoms with Crippen LogP contribution >= 0.6 is 0 Å². The maximum Gasteiger partial charge on any atom is 0.225 e. The van der Waals surface area contributed by atoms with Gasteiger partial charge < -0.3 is 10.4 Å². The summed E-state index contributed by atoms with van der Waals surface area (Å²) in [5.74, 6) is -0.355. The van der Waals surface area contributed by atoms with E-state index >= 15 is 0 Å². The Morgan fingerprint density at radius 1 is 1.24 bits per heavy atom. The second kappa shape index (κ2) is 8.10. The number of aliphatic hydroxyl groups is 1. The summed E-state index contributed by atoms with van der Waals surface area (Å²) in [6.45, 7) is 1.90. The van der Waals surface area contributed by atoms with Gasteiger partial charge in [-0.15, -0.1) is 0 Å². The van der Waals surface area contributed by atoms with Crippen LogP contribution in [0, 0.1) is 5.82 Å². The molecular weight excluding hydrogens is 271 g/mol. The third kappa shape index (κ3) is 5.81. The third-order valence-corrected chi connectivity index (χ3v) is 3.67. The van der Waals surface area contributed by atoms with Gasteiger partial charge in [-0.3, -0.25) is 9.69 Å². The van der Waals surface area contributed by atoms with Gasteiger partial charge in [-0.1, -0.05) is 0 Å². The number of nitrogens with zero attached hydrogens (tertiary/aromatic N) is 1. The van der Waals surface area contributed by atoms with Crippen LogP contribution in [0.5, 0.6) is 0 Å². The molecule has 0 radical (unpaired) electrons. The molecule has 2 rings (SSSR count). The fraction of sp³-hybridized carbons (Fsp3) is 0.562. The van der Waals surface area contributed by atoms with E-state index in [-0.39, 0.29) is 18.3 Å². The van der Waals surface area contributed by atoms with Gasteiger partial charge in [-0.25, -0.2) is 4.39 Å². The predicted molar refractivity (Wildman–Crippen MR) is 80.6 cm³/mol. The minimum Gasteiger partial charge on any atom is -0.396 e. The minimum absolute atomic E-state index is 0.0468. The molecule has 0 saturated heterocycles. The van der Waals surface area contributed by atoms with Crippen molar-refractivity contribution in [2.45, 2.75) is 38.1 Å². The van der Waals surface area contributed by atoms with E-state index < -0.39 is 0 Å². The van der Waals surface area contributed by atoms with Gasteiger partial charge in [0.05, 0.1) is 0 Å². The average molecular weight is 294 g/mol. The molecule has 0 atom stereocenters. The molecule has 1 fully saturated rings. The average Bonchev–Trinajstić information content (AvgIpc) is 3.30. The Morgan fingerprint density at radius 3 is 2.57 bits per heavy atom. The van der Waals surface area contributed by atoms with Gasteiger partial charge in [0.25, 0.3) is 0 Å². The van der Waals surface area contributed by atoms with Crippen molar-refractivity contribution < 1.29 is 14.3 Å². The normalized spacial score (nSPS) is 14.4. The number of carbonyl (C=O) groups is 1. The SMILES string of the molecule is O=C(CCN(CCCCO)C1CC1)Nc1ccc(F)cc1. The van der Waals surface area contributed by atoms with E-state index in [4.69, 9.17) is 5.11 Å². The first-order valence-corrected chi connectivity index (χ1v) is 7.59. The Labute approximate surface area is 125 Å². The number of benzene rings is 1. The number of unbranched alkanes of at least 4 members (excludes halogenated alkanes) is 1. The summed E-state index contributed by atoms with van der Waals surface area (Å²) in [5.41, 5.74) is 0.625. The quantitative estimate of drug-likeness (QED) is 0.688. The molecule has 5 heteroatoms. The van der Waals surface area contributed by atoms with Gasteiger partial charge in [0.2, 0.25) is 5.91 Å². The number of hydrogen-bond acceptors (Lipinski definition) is 3. The van der Waals surface area contributed by atoms with E-state index in [1.165, 1.54) is 25.0 Å². The van der Waals surface area contributed by atoms with E-state index in [9.17, 15) is 9.18 Å². The Balaban J connectivity index is 1.72. The van der Waals surface area contributed by atoms with Crippen molar-refractivity contribution in [3.05, 3.63) is 30.1 Å². The van der Waals surface area contributed by atoms with Crippen LogP contribution in [-0.2, 0) is 4.79 Å². The number of rotatable bonds is 9. The van der Waals surface area contributed by atoms with Crippen LogP contribution in [0.25, 0.3) is 0 Å². The second-order valence-electron chi connectivity index (χ2n) is 5.50. The van der Waals surface area contributed by atoms with Crippen LogP contribution in [0.1, 0.15) is 32.1 Å². The molecule has 1 aliphatic rings. The maximum atomic E-state index is 12.8. The van der Waals surface area contributed by atoms with Gasteiger partial charge in [-0.2, -0.15) is 0 Å². The standard InChI is InChI=1S/C16H23FN2O2/c17-13-3-5-14(6-4-13)18-16(21)9-11-19(15-7-8-15)10-1-2-12-20/h3-6,15,20H,1-2,7-12H2,(H,18,21). The lowest BCUT2D eigenvalue weighted by Crippen LogP contribution is -2.31. The Kier molecular flexibility index (Phi) is 6.14. The highest BCUT2D eigenvalue weighted by Crippen LogP contribution is 2.27. The number of amides is 1. The molecule has 1 aliphatic carbocycles. The van der Waals surface area contributed by atoms with Gasteiger partial charge in [-0.05, 0) is 56.5 Å². The van der Waals surface area contributed by atoms with Crippen LogP contribution in [0.4, 0.5) is 10.1 Å². The molecule has 0 aliphatic heterocycles. The lowest BCUT2D eigenvalue weighted by molar-refractivity contribution is -0.116. The first-order valence-electron chi connectivity index (χ1n) is 7.59. The van der Waals surface area contributed by atoms with Crippen molar-refractivity contribution in [3.63, 3.8) is 0 Å². The third-order valence-electron chi connectivity index (χ3n) is 3.67. The summed E-state index contributed by atoms with van der Waals surface area (Å²) in [4.78, 5) is 14.2. The summed E-state index contributed by atoms with van der Waals surface area (Å²) >= 11 is 0. The summed E-state index contributed by atoms with van der Waals surface area (Å²) in [6, 6.07) is 6.41. The Bertz CT molecular complexity index is 446. The molecule has 0 aromatic heterocycles. The zero-order valence-corrected chi connectivity index (χ0v) is 12.2. The van der Waals surface area contributed by atoms with Crippen LogP contribution < -0.4 is 5.32 Å². The first-order chi connectivity index (χ1) is 10.2. The molecule has 0 bridgehead atoms. The fourth-order valence-corrected chi connectivity index (χ4v) is 2.35. The molecule has 21 heavy (non-hydrogen) atoms. The van der Waals surface area contributed by atoms with Crippen molar-refractivity contribution in [3.8, 4) is 0 Å². The van der Waals surface area contributed by atoms with Crippen molar-refractivity contribution >= 4 is 11.6 Å². The number of hydrogen-bond donors (Lipinski definition) is 2. The molecule has 0 heterocycles. The summed E-state index contributed by atoms with van der Waals surface area (Å²) < 4.78 is 12.8. The molecular formula is C16H23FN2O2. The lowest BCUT2D eigenvalue weighted by Gasteiger charge is -2.21. The maximum absolute atomic E-state index is 12.8. The second-order valence-corrected chi connectivity index (χ2v) is 5.50. The summed E-state index contributed by atoms with van der Waals surface area (Å²) in [5, 5.41) is 11.6. The van der Waals surface area contributed by atoms with Crippen LogP contribution in [0.15, 0.2) is 24.3 Å². The van der Waals surface area contributed by atoms with Gasteiger partial charge >= 0.3 is 0 Å². The lowest BCUT2D eigenvalue weighted by atomic mass is 10.2. The summed E-state index contributed by atoms with van der Waals surface area (Å²) in [6.07, 6.45) is 4.63. The monoisotopic (exact) mass is 294 g/mol. The molecule has 2 N–H and O–H groups in total. The predicted octanol–water partition coefficient (Wildman–Crippen LogP) is 2.39. The van der Waals surface area contributed by atoms with Gasteiger partial charge in [0.15, 0.2) is 0 Å². The van der Waals surface area contributed by atoms with E-state index in [0.29, 0.717) is 18.2 Å². The zero-order chi connectivity index (χ0) is 15.1. The highest BCUT2D eigenvalue weighted by Gasteiger charge is 2.28. The smallest absolute Gasteiger partial charge is 0.225 e. The summed E-state index contributed by atoms with van der Waals surface area (Å²) in [7, 11) is 0. The number of anilines is 1. The zero-order valence-electron chi connectivity index (χ0n) is 12.2. The number of aliphatic hydroxyl groups excluding tert-OH is 1. The van der Waals surface area contributed by atoms with Gasteiger partial charge in [0.1, 0.15) is 5.82 Å². The van der Waals surface area contributed by atoms with E-state index in [1.54, 1.807) is 12.1 Å². The van der Waals surface area contributed by atoms with E-state index in [2.05, 4.69) is 10.2 Å². The topological polar surface area (TPSA) is 52.6 Å². The number of halogens is 1. The molecule has 4 nitrogen and oxygen atoms in total. The van der Waals surface area contributed by atoms with Crippen molar-refractivity contribution in [1.82, 2.24) is 4.90 Å². The van der Waals surface area contributed by atoms with Crippen LogP contribution in [-0.4, -0.2) is 41.7 Å². The highest BCUT2D eigenvalue weighted by atomic mass is 19.1. The van der Waals surface area contributed by atoms with Crippen LogP contribution in [0.3, 0.4) is 0 Å². The van der Waals surface area contributed by atoms with Gasteiger partial charge in [0, 0.05) is 31.3 Å².